The molecule has 2 saturated carbocycles. The van der Waals surface area contributed by atoms with Crippen LogP contribution in [-0.4, -0.2) is 11.9 Å². The van der Waals surface area contributed by atoms with Gasteiger partial charge in [-0.2, -0.15) is 0 Å². The maximum Gasteiger partial charge on any atom is 0.229 e. The van der Waals surface area contributed by atoms with Gasteiger partial charge in [-0.1, -0.05) is 22.0 Å². The summed E-state index contributed by atoms with van der Waals surface area (Å²) in [5, 5.41) is 3.06. The Morgan fingerprint density at radius 2 is 2.05 bits per heavy atom. The van der Waals surface area contributed by atoms with Gasteiger partial charge in [0.25, 0.3) is 0 Å². The van der Waals surface area contributed by atoms with Crippen molar-refractivity contribution in [2.75, 3.05) is 5.32 Å². The zero-order valence-corrected chi connectivity index (χ0v) is 13.8. The van der Waals surface area contributed by atoms with Crippen molar-refractivity contribution in [3.8, 4) is 0 Å². The minimum absolute atomic E-state index is 0. The molecule has 3 nitrogen and oxygen atoms in total. The van der Waals surface area contributed by atoms with Gasteiger partial charge in [-0.15, -0.1) is 12.4 Å². The first-order valence-electron chi connectivity index (χ1n) is 6.89. The highest BCUT2D eigenvalue weighted by molar-refractivity contribution is 9.10. The monoisotopic (exact) mass is 358 g/mol. The van der Waals surface area contributed by atoms with Crippen LogP contribution in [0.1, 0.15) is 24.8 Å². The highest BCUT2D eigenvalue weighted by atomic mass is 79.9. The van der Waals surface area contributed by atoms with E-state index < -0.39 is 0 Å². The van der Waals surface area contributed by atoms with Crippen molar-refractivity contribution in [3.05, 3.63) is 28.2 Å². The zero-order chi connectivity index (χ0) is 13.6. The average Bonchev–Trinajstić information content (AvgIpc) is 2.95. The van der Waals surface area contributed by atoms with Gasteiger partial charge in [0.2, 0.25) is 5.91 Å². The number of halogens is 2. The predicted octanol–water partition coefficient (Wildman–Crippen LogP) is 3.49. The lowest BCUT2D eigenvalue weighted by molar-refractivity contribution is -0.121. The van der Waals surface area contributed by atoms with E-state index in [-0.39, 0.29) is 30.3 Å². The van der Waals surface area contributed by atoms with Gasteiger partial charge < -0.3 is 11.1 Å². The number of anilines is 1. The molecule has 4 atom stereocenters. The Morgan fingerprint density at radius 1 is 1.35 bits per heavy atom. The molecule has 0 saturated heterocycles. The van der Waals surface area contributed by atoms with E-state index >= 15 is 0 Å². The molecule has 2 aliphatic rings. The van der Waals surface area contributed by atoms with Crippen LogP contribution in [-0.2, 0) is 4.79 Å². The molecule has 2 bridgehead atoms. The van der Waals surface area contributed by atoms with Crippen LogP contribution >= 0.6 is 28.3 Å². The van der Waals surface area contributed by atoms with E-state index in [1.165, 1.54) is 6.42 Å². The van der Waals surface area contributed by atoms with Gasteiger partial charge in [-0.05, 0) is 55.7 Å². The summed E-state index contributed by atoms with van der Waals surface area (Å²) >= 11 is 3.49. The molecule has 20 heavy (non-hydrogen) atoms. The molecular weight excluding hydrogens is 340 g/mol. The van der Waals surface area contributed by atoms with Gasteiger partial charge in [0.15, 0.2) is 0 Å². The first-order chi connectivity index (χ1) is 9.08. The molecule has 1 aromatic carbocycles. The SMILES string of the molecule is Cc1c(Br)cccc1NC(=O)C1C2CCC(C2)C1N.Cl. The van der Waals surface area contributed by atoms with Crippen LogP contribution in [0, 0.1) is 24.7 Å². The molecule has 0 aliphatic heterocycles. The lowest BCUT2D eigenvalue weighted by Gasteiger charge is -2.27. The Morgan fingerprint density at radius 3 is 2.70 bits per heavy atom. The number of carbonyl (C=O) groups is 1. The van der Waals surface area contributed by atoms with Crippen LogP contribution in [0.4, 0.5) is 5.69 Å². The lowest BCUT2D eigenvalue weighted by atomic mass is 9.84. The van der Waals surface area contributed by atoms with Crippen LogP contribution < -0.4 is 11.1 Å². The highest BCUT2D eigenvalue weighted by Crippen LogP contribution is 2.48. The second-order valence-electron chi connectivity index (χ2n) is 5.84. The van der Waals surface area contributed by atoms with Gasteiger partial charge in [0.05, 0.1) is 5.92 Å². The Hall–Kier alpha value is -0.580. The third-order valence-electron chi connectivity index (χ3n) is 4.81. The summed E-state index contributed by atoms with van der Waals surface area (Å²) in [6.45, 7) is 2.00. The Kier molecular flexibility index (Phi) is 4.77. The minimum atomic E-state index is -0.00266. The van der Waals surface area contributed by atoms with Gasteiger partial charge in [-0.3, -0.25) is 4.79 Å². The van der Waals surface area contributed by atoms with Gasteiger partial charge in [0, 0.05) is 16.2 Å². The number of hydrogen-bond donors (Lipinski definition) is 2. The smallest absolute Gasteiger partial charge is 0.229 e. The fraction of sp³-hybridized carbons (Fsp3) is 0.533. The number of nitrogens with one attached hydrogen (secondary N) is 1. The van der Waals surface area contributed by atoms with E-state index in [0.717, 1.165) is 28.6 Å². The van der Waals surface area contributed by atoms with Crippen LogP contribution in [0.3, 0.4) is 0 Å². The summed E-state index contributed by atoms with van der Waals surface area (Å²) in [7, 11) is 0. The van der Waals surface area contributed by atoms with Crippen molar-refractivity contribution in [2.24, 2.45) is 23.5 Å². The number of benzene rings is 1. The van der Waals surface area contributed by atoms with Crippen molar-refractivity contribution in [1.82, 2.24) is 0 Å². The fourth-order valence-corrected chi connectivity index (χ4v) is 4.05. The quantitative estimate of drug-likeness (QED) is 0.849. The molecular formula is C15H20BrClN2O. The molecule has 5 heteroatoms. The number of nitrogens with two attached hydrogens (primary N) is 1. The third kappa shape index (κ3) is 2.61. The molecule has 1 aromatic rings. The largest absolute Gasteiger partial charge is 0.327 e. The molecule has 0 spiro atoms. The van der Waals surface area contributed by atoms with Gasteiger partial charge in [0.1, 0.15) is 0 Å². The van der Waals surface area contributed by atoms with Gasteiger partial charge in [-0.25, -0.2) is 0 Å². The molecule has 0 radical (unpaired) electrons. The molecule has 4 unspecified atom stereocenters. The number of amides is 1. The molecule has 0 heterocycles. The van der Waals surface area contributed by atoms with Crippen LogP contribution in [0.15, 0.2) is 22.7 Å². The lowest BCUT2D eigenvalue weighted by Crippen LogP contribution is -2.42. The molecule has 3 N–H and O–H groups in total. The summed E-state index contributed by atoms with van der Waals surface area (Å²) in [6.07, 6.45) is 3.50. The topological polar surface area (TPSA) is 55.1 Å². The molecule has 3 rings (SSSR count). The molecule has 2 fully saturated rings. The van der Waals surface area contributed by atoms with Crippen LogP contribution in [0.5, 0.6) is 0 Å². The third-order valence-corrected chi connectivity index (χ3v) is 5.67. The van der Waals surface area contributed by atoms with Crippen LogP contribution in [0.25, 0.3) is 0 Å². The van der Waals surface area contributed by atoms with E-state index in [4.69, 9.17) is 5.73 Å². The molecule has 110 valence electrons. The second kappa shape index (κ2) is 6.04. The predicted molar refractivity (Wildman–Crippen MR) is 87.1 cm³/mol. The summed E-state index contributed by atoms with van der Waals surface area (Å²) < 4.78 is 1.02. The Balaban J connectivity index is 0.00000147. The van der Waals surface area contributed by atoms with Crippen molar-refractivity contribution < 1.29 is 4.79 Å². The summed E-state index contributed by atoms with van der Waals surface area (Å²) in [4.78, 5) is 12.5. The number of fused-ring (bicyclic) bond motifs is 2. The number of rotatable bonds is 2. The normalized spacial score (nSPS) is 30.9. The average molecular weight is 360 g/mol. The first-order valence-corrected chi connectivity index (χ1v) is 7.69. The van der Waals surface area contributed by atoms with E-state index in [9.17, 15) is 4.79 Å². The second-order valence-corrected chi connectivity index (χ2v) is 6.69. The van der Waals surface area contributed by atoms with Crippen LogP contribution in [0.2, 0.25) is 0 Å². The molecule has 2 aliphatic carbocycles. The van der Waals surface area contributed by atoms with E-state index in [1.807, 2.05) is 25.1 Å². The Labute approximate surface area is 134 Å². The van der Waals surface area contributed by atoms with Crippen molar-refractivity contribution in [3.63, 3.8) is 0 Å². The van der Waals surface area contributed by atoms with E-state index in [0.29, 0.717) is 11.8 Å². The van der Waals surface area contributed by atoms with E-state index in [1.54, 1.807) is 0 Å². The summed E-state index contributed by atoms with van der Waals surface area (Å²) in [5.74, 6) is 1.15. The number of carbonyl (C=O) groups excluding carboxylic acids is 1. The Bertz CT molecular complexity index is 521. The maximum atomic E-state index is 12.5. The summed E-state index contributed by atoms with van der Waals surface area (Å²) in [5.41, 5.74) is 8.16. The maximum absolute atomic E-state index is 12.5. The van der Waals surface area contributed by atoms with Crippen molar-refractivity contribution >= 4 is 39.9 Å². The first kappa shape index (κ1) is 15.8. The minimum Gasteiger partial charge on any atom is -0.327 e. The number of hydrogen-bond acceptors (Lipinski definition) is 2. The highest BCUT2D eigenvalue weighted by Gasteiger charge is 2.49. The standard InChI is InChI=1S/C15H19BrN2O.ClH/c1-8-11(16)3-2-4-12(8)18-15(19)13-9-5-6-10(7-9)14(13)17;/h2-4,9-10,13-14H,5-7,17H2,1H3,(H,18,19);1H. The van der Waals surface area contributed by atoms with Crippen molar-refractivity contribution in [1.29, 1.82) is 0 Å². The summed E-state index contributed by atoms with van der Waals surface area (Å²) in [6, 6.07) is 5.91. The molecule has 1 amide bonds. The van der Waals surface area contributed by atoms with Gasteiger partial charge >= 0.3 is 0 Å². The van der Waals surface area contributed by atoms with Crippen molar-refractivity contribution in [2.45, 2.75) is 32.2 Å². The van der Waals surface area contributed by atoms with E-state index in [2.05, 4.69) is 21.2 Å². The molecule has 0 aromatic heterocycles. The fourth-order valence-electron chi connectivity index (χ4n) is 3.68. The zero-order valence-electron chi connectivity index (χ0n) is 11.4.